The first kappa shape index (κ1) is 14.3. The average Bonchev–Trinajstić information content (AvgIpc) is 2.22. The van der Waals surface area contributed by atoms with E-state index in [1.54, 1.807) is 0 Å². The highest BCUT2D eigenvalue weighted by Gasteiger charge is 2.28. The van der Waals surface area contributed by atoms with E-state index < -0.39 is 24.5 Å². The Balaban J connectivity index is 2.76. The molecule has 17 heavy (non-hydrogen) atoms. The summed E-state index contributed by atoms with van der Waals surface area (Å²) >= 11 is 5.50. The fourth-order valence-electron chi connectivity index (χ4n) is 1.51. The van der Waals surface area contributed by atoms with Crippen LogP contribution in [0.15, 0.2) is 18.2 Å². The molecule has 0 aromatic heterocycles. The third kappa shape index (κ3) is 4.52. The highest BCUT2D eigenvalue weighted by atomic mass is 35.5. The number of alkyl halides is 3. The summed E-state index contributed by atoms with van der Waals surface area (Å²) in [4.78, 5) is 0. The number of benzene rings is 1. The van der Waals surface area contributed by atoms with E-state index in [0.29, 0.717) is 5.56 Å². The van der Waals surface area contributed by atoms with E-state index in [1.165, 1.54) is 19.2 Å². The molecule has 0 aliphatic heterocycles. The van der Waals surface area contributed by atoms with Crippen molar-refractivity contribution < 1.29 is 17.6 Å². The molecule has 1 unspecified atom stereocenters. The summed E-state index contributed by atoms with van der Waals surface area (Å²) < 4.78 is 49.4. The van der Waals surface area contributed by atoms with E-state index in [4.69, 9.17) is 11.6 Å². The summed E-state index contributed by atoms with van der Waals surface area (Å²) in [6, 6.07) is 3.47. The molecule has 0 aliphatic rings. The van der Waals surface area contributed by atoms with Crippen molar-refractivity contribution >= 4 is 11.6 Å². The first-order chi connectivity index (χ1) is 7.83. The van der Waals surface area contributed by atoms with Gasteiger partial charge in [0.05, 0.1) is 5.02 Å². The van der Waals surface area contributed by atoms with Gasteiger partial charge in [0, 0.05) is 12.5 Å². The minimum atomic E-state index is -4.21. The third-order valence-corrected chi connectivity index (χ3v) is 2.72. The summed E-state index contributed by atoms with van der Waals surface area (Å²) in [6.45, 7) is 0. The summed E-state index contributed by atoms with van der Waals surface area (Å²) in [6.07, 6.45) is -5.26. The molecule has 96 valence electrons. The zero-order valence-electron chi connectivity index (χ0n) is 9.11. The smallest absolute Gasteiger partial charge is 0.313 e. The highest BCUT2D eigenvalue weighted by Crippen LogP contribution is 2.28. The summed E-state index contributed by atoms with van der Waals surface area (Å²) in [5, 5.41) is 2.69. The molecule has 0 heterocycles. The maximum absolute atomic E-state index is 13.2. The van der Waals surface area contributed by atoms with Crippen molar-refractivity contribution in [3.8, 4) is 0 Å². The Morgan fingerprint density at radius 1 is 1.35 bits per heavy atom. The molecule has 0 fully saturated rings. The van der Waals surface area contributed by atoms with Crippen molar-refractivity contribution in [3.05, 3.63) is 34.6 Å². The van der Waals surface area contributed by atoms with E-state index >= 15 is 0 Å². The first-order valence-corrected chi connectivity index (χ1v) is 5.40. The SMILES string of the molecule is CNC(CCC(F)(F)F)c1ccc(Cl)c(F)c1. The van der Waals surface area contributed by atoms with E-state index in [-0.39, 0.29) is 11.4 Å². The van der Waals surface area contributed by atoms with Gasteiger partial charge >= 0.3 is 6.18 Å². The van der Waals surface area contributed by atoms with Gasteiger partial charge in [-0.2, -0.15) is 13.2 Å². The molecule has 1 N–H and O–H groups in total. The Kier molecular flexibility index (Phi) is 4.77. The average molecular weight is 270 g/mol. The van der Waals surface area contributed by atoms with Crippen molar-refractivity contribution in [1.82, 2.24) is 5.32 Å². The second-order valence-electron chi connectivity index (χ2n) is 3.67. The van der Waals surface area contributed by atoms with Crippen LogP contribution < -0.4 is 5.32 Å². The van der Waals surface area contributed by atoms with Crippen LogP contribution in [0.25, 0.3) is 0 Å². The molecule has 0 radical (unpaired) electrons. The van der Waals surface area contributed by atoms with Crippen molar-refractivity contribution in [2.75, 3.05) is 7.05 Å². The molecule has 0 saturated heterocycles. The molecule has 0 saturated carbocycles. The second-order valence-corrected chi connectivity index (χ2v) is 4.08. The number of hydrogen-bond donors (Lipinski definition) is 1. The van der Waals surface area contributed by atoms with E-state index in [9.17, 15) is 17.6 Å². The van der Waals surface area contributed by atoms with Crippen molar-refractivity contribution in [1.29, 1.82) is 0 Å². The molecule has 6 heteroatoms. The van der Waals surface area contributed by atoms with Crippen LogP contribution in [0.1, 0.15) is 24.4 Å². The van der Waals surface area contributed by atoms with Crippen LogP contribution in [-0.4, -0.2) is 13.2 Å². The molecule has 0 bridgehead atoms. The summed E-state index contributed by atoms with van der Waals surface area (Å²) in [7, 11) is 1.54. The number of hydrogen-bond acceptors (Lipinski definition) is 1. The summed E-state index contributed by atoms with van der Waals surface area (Å²) in [5.41, 5.74) is 0.457. The van der Waals surface area contributed by atoms with Crippen LogP contribution in [0.4, 0.5) is 17.6 Å². The van der Waals surface area contributed by atoms with E-state index in [1.807, 2.05) is 0 Å². The van der Waals surface area contributed by atoms with Gasteiger partial charge in [-0.15, -0.1) is 0 Å². The van der Waals surface area contributed by atoms with E-state index in [0.717, 1.165) is 6.07 Å². The lowest BCUT2D eigenvalue weighted by Gasteiger charge is -2.17. The van der Waals surface area contributed by atoms with Crippen molar-refractivity contribution in [2.45, 2.75) is 25.1 Å². The van der Waals surface area contributed by atoms with Crippen LogP contribution in [0.3, 0.4) is 0 Å². The largest absolute Gasteiger partial charge is 0.389 e. The minimum absolute atomic E-state index is 0.0422. The van der Waals surface area contributed by atoms with Gasteiger partial charge in [0.15, 0.2) is 0 Å². The lowest BCUT2D eigenvalue weighted by atomic mass is 10.0. The van der Waals surface area contributed by atoms with Crippen molar-refractivity contribution in [3.63, 3.8) is 0 Å². The quantitative estimate of drug-likeness (QED) is 0.812. The lowest BCUT2D eigenvalue weighted by molar-refractivity contribution is -0.136. The monoisotopic (exact) mass is 269 g/mol. The van der Waals surface area contributed by atoms with Crippen molar-refractivity contribution in [2.24, 2.45) is 0 Å². The Labute approximate surface area is 102 Å². The molecule has 0 amide bonds. The molecule has 1 nitrogen and oxygen atoms in total. The van der Waals surface area contributed by atoms with Gasteiger partial charge in [0.2, 0.25) is 0 Å². The topological polar surface area (TPSA) is 12.0 Å². The minimum Gasteiger partial charge on any atom is -0.313 e. The van der Waals surface area contributed by atoms with Crippen LogP contribution in [0.2, 0.25) is 5.02 Å². The highest BCUT2D eigenvalue weighted by molar-refractivity contribution is 6.30. The van der Waals surface area contributed by atoms with Crippen LogP contribution in [-0.2, 0) is 0 Å². The predicted molar refractivity (Wildman–Crippen MR) is 58.5 cm³/mol. The summed E-state index contributed by atoms with van der Waals surface area (Å²) in [5.74, 6) is -0.628. The number of rotatable bonds is 4. The fraction of sp³-hybridized carbons (Fsp3) is 0.455. The zero-order valence-corrected chi connectivity index (χ0v) is 9.87. The van der Waals surface area contributed by atoms with Gasteiger partial charge in [0.25, 0.3) is 0 Å². The molecule has 1 aromatic rings. The Morgan fingerprint density at radius 2 is 2.00 bits per heavy atom. The molecule has 1 rings (SSSR count). The Morgan fingerprint density at radius 3 is 2.47 bits per heavy atom. The molecule has 1 atom stereocenters. The zero-order chi connectivity index (χ0) is 13.1. The van der Waals surface area contributed by atoms with Gasteiger partial charge in [-0.1, -0.05) is 17.7 Å². The van der Waals surface area contributed by atoms with Gasteiger partial charge in [0.1, 0.15) is 5.82 Å². The molecular formula is C11H12ClF4N. The number of nitrogens with one attached hydrogen (secondary N) is 1. The molecule has 0 aliphatic carbocycles. The Bertz CT molecular complexity index is 378. The van der Waals surface area contributed by atoms with Crippen LogP contribution in [0.5, 0.6) is 0 Å². The van der Waals surface area contributed by atoms with Gasteiger partial charge in [-0.05, 0) is 31.2 Å². The maximum atomic E-state index is 13.2. The standard InChI is InChI=1S/C11H12ClF4N/c1-17-10(4-5-11(14,15)16)7-2-3-8(12)9(13)6-7/h2-3,6,10,17H,4-5H2,1H3. The Hall–Kier alpha value is -0.810. The lowest BCUT2D eigenvalue weighted by Crippen LogP contribution is -2.19. The van der Waals surface area contributed by atoms with Gasteiger partial charge < -0.3 is 5.32 Å². The first-order valence-electron chi connectivity index (χ1n) is 5.02. The third-order valence-electron chi connectivity index (χ3n) is 2.41. The molecule has 0 spiro atoms. The molecular weight excluding hydrogens is 258 g/mol. The number of halogens is 5. The van der Waals surface area contributed by atoms with Crippen LogP contribution >= 0.6 is 11.6 Å². The van der Waals surface area contributed by atoms with Gasteiger partial charge in [-0.3, -0.25) is 0 Å². The normalized spacial score (nSPS) is 13.8. The fourth-order valence-corrected chi connectivity index (χ4v) is 1.63. The van der Waals surface area contributed by atoms with Crippen LogP contribution in [0, 0.1) is 5.82 Å². The second kappa shape index (κ2) is 5.69. The van der Waals surface area contributed by atoms with E-state index in [2.05, 4.69) is 5.32 Å². The maximum Gasteiger partial charge on any atom is 0.389 e. The van der Waals surface area contributed by atoms with Gasteiger partial charge in [-0.25, -0.2) is 4.39 Å². The predicted octanol–water partition coefficient (Wildman–Crippen LogP) is 4.08. The molecule has 1 aromatic carbocycles.